The molecular weight excluding hydrogens is 1450 g/mol. The van der Waals surface area contributed by atoms with Crippen LogP contribution >= 0.6 is 63.7 Å². The van der Waals surface area contributed by atoms with Gasteiger partial charge in [0.05, 0.1) is 27.5 Å². The first-order chi connectivity index (χ1) is 44.9. The van der Waals surface area contributed by atoms with Crippen LogP contribution in [0.2, 0.25) is 0 Å². The molecular formula is C77H51Br4F3N4O4S. The zero-order chi connectivity index (χ0) is 64.7. The van der Waals surface area contributed by atoms with Crippen molar-refractivity contribution in [3.05, 3.63) is 354 Å². The topological polar surface area (TPSA) is 110 Å². The van der Waals surface area contributed by atoms with Gasteiger partial charge in [0.15, 0.2) is 0 Å². The van der Waals surface area contributed by atoms with Crippen molar-refractivity contribution in [1.29, 1.82) is 0 Å². The van der Waals surface area contributed by atoms with E-state index in [4.69, 9.17) is 22.9 Å². The summed E-state index contributed by atoms with van der Waals surface area (Å²) in [5.41, 5.74) is 12.9. The van der Waals surface area contributed by atoms with Gasteiger partial charge in [0.2, 0.25) is 0 Å². The minimum absolute atomic E-state index is 0.515. The summed E-state index contributed by atoms with van der Waals surface area (Å²) in [7, 11) is -5.84. The van der Waals surface area contributed by atoms with Crippen molar-refractivity contribution >= 4 is 95.9 Å². The second-order valence-corrected chi connectivity index (χ2v) is 27.1. The van der Waals surface area contributed by atoms with Gasteiger partial charge in [-0.2, -0.15) is 21.6 Å². The molecule has 2 N–H and O–H groups in total. The van der Waals surface area contributed by atoms with Gasteiger partial charge in [-0.3, -0.25) is 13.7 Å². The van der Waals surface area contributed by atoms with Gasteiger partial charge in [-0.1, -0.05) is 252 Å². The average Bonchev–Trinajstić information content (AvgIpc) is 1.54. The Balaban J connectivity index is 0.000000141. The molecule has 16 rings (SSSR count). The van der Waals surface area contributed by atoms with Crippen molar-refractivity contribution in [1.82, 2.24) is 19.1 Å². The number of nitrogens with zero attached hydrogens (tertiary/aromatic N) is 4. The van der Waals surface area contributed by atoms with Crippen LogP contribution in [0.3, 0.4) is 0 Å². The van der Waals surface area contributed by atoms with E-state index in [1.54, 1.807) is 0 Å². The fourth-order valence-electron chi connectivity index (χ4n) is 12.6. The van der Waals surface area contributed by atoms with E-state index in [0.29, 0.717) is 0 Å². The van der Waals surface area contributed by atoms with E-state index in [1.165, 1.54) is 33.4 Å². The molecule has 12 aromatic carbocycles. The molecule has 0 radical (unpaired) electrons. The van der Waals surface area contributed by atoms with Crippen LogP contribution < -0.4 is 0 Å². The van der Waals surface area contributed by atoms with E-state index >= 15 is 0 Å². The molecule has 458 valence electrons. The molecule has 0 fully saturated rings. The van der Waals surface area contributed by atoms with Gasteiger partial charge in [0.1, 0.15) is 17.2 Å². The zero-order valence-electron chi connectivity index (χ0n) is 48.8. The van der Waals surface area contributed by atoms with Gasteiger partial charge < -0.3 is 5.11 Å². The first kappa shape index (κ1) is 62.9. The molecule has 0 saturated carbocycles. The molecule has 16 heteroatoms. The van der Waals surface area contributed by atoms with Gasteiger partial charge in [-0.25, -0.2) is 9.97 Å². The van der Waals surface area contributed by atoms with E-state index < -0.39 is 26.6 Å². The Hall–Kier alpha value is -8.84. The molecule has 2 aliphatic carbocycles. The van der Waals surface area contributed by atoms with Crippen LogP contribution in [-0.4, -0.2) is 42.7 Å². The lowest BCUT2D eigenvalue weighted by molar-refractivity contribution is -0.0510. The number of halogens is 7. The van der Waals surface area contributed by atoms with Crippen molar-refractivity contribution < 1.29 is 31.2 Å². The summed E-state index contributed by atoms with van der Waals surface area (Å²) >= 11 is 14.9. The minimum Gasteiger partial charge on any atom is -0.376 e. The first-order valence-electron chi connectivity index (χ1n) is 29.2. The van der Waals surface area contributed by atoms with Crippen molar-refractivity contribution in [2.75, 3.05) is 0 Å². The third-order valence-electron chi connectivity index (χ3n) is 16.5. The Kier molecular flexibility index (Phi) is 17.5. The summed E-state index contributed by atoms with van der Waals surface area (Å²) in [6.07, 6.45) is 0. The lowest BCUT2D eigenvalue weighted by Gasteiger charge is -2.34. The third kappa shape index (κ3) is 11.9. The number of benzene rings is 12. The number of aromatic nitrogens is 4. The third-order valence-corrected chi connectivity index (χ3v) is 19.1. The van der Waals surface area contributed by atoms with Crippen LogP contribution in [0.5, 0.6) is 0 Å². The Morgan fingerprint density at radius 3 is 1.08 bits per heavy atom. The van der Waals surface area contributed by atoms with Gasteiger partial charge >= 0.3 is 15.6 Å². The molecule has 2 heterocycles. The molecule has 2 aliphatic rings. The number of hydrogen-bond donors (Lipinski definition) is 2. The molecule has 93 heavy (non-hydrogen) atoms. The van der Waals surface area contributed by atoms with Crippen LogP contribution in [0, 0.1) is 0 Å². The van der Waals surface area contributed by atoms with Crippen molar-refractivity contribution in [3.8, 4) is 56.4 Å². The average molecular weight is 1500 g/mol. The maximum Gasteiger partial charge on any atom is 0.522 e. The number of imidazole rings is 2. The number of fused-ring (bicyclic) bond motifs is 8. The molecule has 0 spiro atoms. The van der Waals surface area contributed by atoms with Gasteiger partial charge in [-0.05, 0) is 159 Å². The smallest absolute Gasteiger partial charge is 0.376 e. The molecule has 0 atom stereocenters. The molecule has 8 nitrogen and oxygen atoms in total. The van der Waals surface area contributed by atoms with Crippen LogP contribution in [0.15, 0.2) is 315 Å². The molecule has 2 aromatic heterocycles. The van der Waals surface area contributed by atoms with Crippen LogP contribution in [0.25, 0.3) is 78.5 Å². The number of alkyl halides is 3. The SMILES string of the molecule is Brc1ccc2c(c1)C(c1ccccc1)(c1cccc(-c3nc4ccccc4n3-c3ccccc3)c1)c1cc(Br)ccc1-2.O=S(=O)(O)C(F)(F)F.OC1(c2cccc(-c3nc4ccccc4n3-c3ccccc3)c2)c2cc(Br)ccc2-c2ccc(Br)cc21.c1ccccc1. The molecule has 0 amide bonds. The number of aliphatic hydroxyl groups is 1. The van der Waals surface area contributed by atoms with E-state index in [9.17, 15) is 18.3 Å². The van der Waals surface area contributed by atoms with E-state index in [-0.39, 0.29) is 0 Å². The Labute approximate surface area is 568 Å². The lowest BCUT2D eigenvalue weighted by atomic mass is 9.67. The second-order valence-electron chi connectivity index (χ2n) is 22.0. The summed E-state index contributed by atoms with van der Waals surface area (Å²) in [6, 6.07) is 103. The molecule has 0 saturated heterocycles. The standard InChI is InChI=1S/C38H24Br2N2.C32H20Br2N2O.C6H6.CHF3O3S/c39-28-18-20-31-32-21-19-29(40)24-34(32)38(33(31)23-28,26-11-3-1-4-12-26)27-13-9-10-25(22-27)37-41-35-16-7-8-17-36(35)42(37)30-14-5-2-6-15-30;33-22-13-15-25-26-16-14-23(34)19-28(26)32(37,27(25)18-22)21-8-6-7-20(17-21)31-35-29-11-4-5-12-30(29)36(31)24-9-2-1-3-10-24;1-2-4-6-5-3-1;2-1(3,4)8(5,6)7/h1-24H;1-19,37H;1-6H;(H,5,6,7). The predicted molar refractivity (Wildman–Crippen MR) is 379 cm³/mol. The minimum atomic E-state index is -5.84. The van der Waals surface area contributed by atoms with Crippen LogP contribution in [0.1, 0.15) is 38.9 Å². The molecule has 0 bridgehead atoms. The highest BCUT2D eigenvalue weighted by Gasteiger charge is 2.48. The predicted octanol–water partition coefficient (Wildman–Crippen LogP) is 21.1. The fourth-order valence-corrected chi connectivity index (χ4v) is 14.0. The largest absolute Gasteiger partial charge is 0.522 e. The van der Waals surface area contributed by atoms with Crippen LogP contribution in [0.4, 0.5) is 13.2 Å². The summed E-state index contributed by atoms with van der Waals surface area (Å²) < 4.78 is 66.0. The number of para-hydroxylation sites is 6. The normalized spacial score (nSPS) is 13.0. The van der Waals surface area contributed by atoms with E-state index in [2.05, 4.69) is 261 Å². The summed E-state index contributed by atoms with van der Waals surface area (Å²) in [6.45, 7) is 0. The first-order valence-corrected chi connectivity index (χ1v) is 33.8. The van der Waals surface area contributed by atoms with Crippen molar-refractivity contribution in [2.24, 2.45) is 0 Å². The zero-order valence-corrected chi connectivity index (χ0v) is 56.0. The van der Waals surface area contributed by atoms with Crippen LogP contribution in [-0.2, 0) is 21.1 Å². The Bertz CT molecular complexity index is 5080. The number of rotatable bonds is 7. The summed E-state index contributed by atoms with van der Waals surface area (Å²) in [4.78, 5) is 10.2. The highest BCUT2D eigenvalue weighted by molar-refractivity contribution is 9.11. The molecule has 0 unspecified atom stereocenters. The highest BCUT2D eigenvalue weighted by atomic mass is 79.9. The van der Waals surface area contributed by atoms with Crippen molar-refractivity contribution in [2.45, 2.75) is 16.5 Å². The quantitative estimate of drug-likeness (QED) is 0.121. The Morgan fingerprint density at radius 1 is 0.366 bits per heavy atom. The summed E-state index contributed by atoms with van der Waals surface area (Å²) in [5.74, 6) is 1.76. The van der Waals surface area contributed by atoms with Gasteiger partial charge in [-0.15, -0.1) is 0 Å². The van der Waals surface area contributed by atoms with E-state index in [1.807, 2.05) is 109 Å². The lowest BCUT2D eigenvalue weighted by Crippen LogP contribution is -2.28. The highest BCUT2D eigenvalue weighted by Crippen LogP contribution is 2.58. The molecule has 14 aromatic rings. The second kappa shape index (κ2) is 25.9. The fraction of sp³-hybridized carbons (Fsp3) is 0.0390. The number of hydrogen-bond acceptors (Lipinski definition) is 5. The monoisotopic (exact) mass is 1500 g/mol. The maximum absolute atomic E-state index is 12.5. The van der Waals surface area contributed by atoms with E-state index in [0.717, 1.165) is 102 Å². The molecule has 0 aliphatic heterocycles. The van der Waals surface area contributed by atoms with Gasteiger partial charge in [0, 0.05) is 51.5 Å². The summed E-state index contributed by atoms with van der Waals surface area (Å²) in [5, 5.41) is 12.5. The maximum atomic E-state index is 12.5. The Morgan fingerprint density at radius 2 is 0.677 bits per heavy atom. The van der Waals surface area contributed by atoms with Crippen molar-refractivity contribution in [3.63, 3.8) is 0 Å². The van der Waals surface area contributed by atoms with Gasteiger partial charge in [0.25, 0.3) is 0 Å².